The van der Waals surface area contributed by atoms with E-state index in [1.54, 1.807) is 29.2 Å². The Kier molecular flexibility index (Phi) is 7.67. The van der Waals surface area contributed by atoms with E-state index in [9.17, 15) is 13.2 Å². The standard InChI is InChI=1S/C22H30N2O4S/c1-6-18(5)24(22(25)23-21-13-8-16(3)14-17(21)4)15-19-9-11-20(12-10-19)28-29(26,27)7-2/h8-14,18H,6-7,15H2,1-5H3,(H,23,25)/t18-/m0/s1. The average molecular weight is 419 g/mol. The van der Waals surface area contributed by atoms with E-state index in [0.717, 1.165) is 28.8 Å². The number of aryl methyl sites for hydroxylation is 2. The summed E-state index contributed by atoms with van der Waals surface area (Å²) in [6.45, 7) is 9.97. The maximum Gasteiger partial charge on any atom is 0.322 e. The van der Waals surface area contributed by atoms with Gasteiger partial charge in [0.25, 0.3) is 0 Å². The van der Waals surface area contributed by atoms with Crippen molar-refractivity contribution in [3.63, 3.8) is 0 Å². The Bertz CT molecular complexity index is 940. The van der Waals surface area contributed by atoms with Crippen molar-refractivity contribution in [2.24, 2.45) is 0 Å². The number of hydrogen-bond donors (Lipinski definition) is 1. The average Bonchev–Trinajstić information content (AvgIpc) is 2.68. The van der Waals surface area contributed by atoms with Gasteiger partial charge in [-0.25, -0.2) is 4.79 Å². The normalized spacial score (nSPS) is 12.3. The first kappa shape index (κ1) is 22.7. The monoisotopic (exact) mass is 418 g/mol. The van der Waals surface area contributed by atoms with Crippen LogP contribution in [0.25, 0.3) is 0 Å². The van der Waals surface area contributed by atoms with Gasteiger partial charge in [-0.15, -0.1) is 0 Å². The fourth-order valence-corrected chi connectivity index (χ4v) is 3.36. The summed E-state index contributed by atoms with van der Waals surface area (Å²) in [5, 5.41) is 3.01. The molecule has 2 amide bonds. The van der Waals surface area contributed by atoms with Crippen LogP contribution in [0.2, 0.25) is 0 Å². The third-order valence-electron chi connectivity index (χ3n) is 4.86. The molecular weight excluding hydrogens is 388 g/mol. The van der Waals surface area contributed by atoms with Gasteiger partial charge in [0.1, 0.15) is 5.75 Å². The molecule has 0 aliphatic carbocycles. The number of nitrogens with zero attached hydrogens (tertiary/aromatic N) is 1. The fraction of sp³-hybridized carbons (Fsp3) is 0.409. The number of hydrogen-bond acceptors (Lipinski definition) is 4. The molecule has 2 aromatic carbocycles. The summed E-state index contributed by atoms with van der Waals surface area (Å²) in [7, 11) is -3.56. The summed E-state index contributed by atoms with van der Waals surface area (Å²) in [5.41, 5.74) is 3.84. The highest BCUT2D eigenvalue weighted by molar-refractivity contribution is 7.87. The molecule has 2 rings (SSSR count). The lowest BCUT2D eigenvalue weighted by Crippen LogP contribution is -2.40. The topological polar surface area (TPSA) is 75.7 Å². The highest BCUT2D eigenvalue weighted by atomic mass is 32.2. The lowest BCUT2D eigenvalue weighted by atomic mass is 10.1. The third kappa shape index (κ3) is 6.49. The number of rotatable bonds is 8. The molecule has 29 heavy (non-hydrogen) atoms. The molecule has 0 radical (unpaired) electrons. The number of anilines is 1. The molecule has 7 heteroatoms. The van der Waals surface area contributed by atoms with Gasteiger partial charge in [-0.05, 0) is 63.4 Å². The van der Waals surface area contributed by atoms with Crippen LogP contribution in [0.15, 0.2) is 42.5 Å². The molecule has 0 aliphatic heterocycles. The summed E-state index contributed by atoms with van der Waals surface area (Å²) >= 11 is 0. The second-order valence-electron chi connectivity index (χ2n) is 7.21. The second-order valence-corrected chi connectivity index (χ2v) is 9.07. The minimum Gasteiger partial charge on any atom is -0.382 e. The van der Waals surface area contributed by atoms with Crippen molar-refractivity contribution in [1.82, 2.24) is 4.90 Å². The predicted octanol–water partition coefficient (Wildman–Crippen LogP) is 4.86. The van der Waals surface area contributed by atoms with Crippen LogP contribution in [-0.4, -0.2) is 31.1 Å². The summed E-state index contributed by atoms with van der Waals surface area (Å²) in [6.07, 6.45) is 0.816. The highest BCUT2D eigenvalue weighted by Gasteiger charge is 2.20. The third-order valence-corrected chi connectivity index (χ3v) is 6.01. The van der Waals surface area contributed by atoms with E-state index in [0.29, 0.717) is 6.54 Å². The van der Waals surface area contributed by atoms with Gasteiger partial charge in [-0.1, -0.05) is 36.8 Å². The zero-order valence-corrected chi connectivity index (χ0v) is 18.5. The molecule has 0 saturated heterocycles. The van der Waals surface area contributed by atoms with Crippen molar-refractivity contribution in [3.05, 3.63) is 59.2 Å². The number of benzene rings is 2. The minimum absolute atomic E-state index is 0.0390. The van der Waals surface area contributed by atoms with Gasteiger partial charge in [0.15, 0.2) is 0 Å². The first-order chi connectivity index (χ1) is 13.6. The smallest absolute Gasteiger partial charge is 0.322 e. The Morgan fingerprint density at radius 2 is 1.76 bits per heavy atom. The van der Waals surface area contributed by atoms with Crippen LogP contribution in [0.4, 0.5) is 10.5 Å². The number of urea groups is 1. The lowest BCUT2D eigenvalue weighted by molar-refractivity contribution is 0.187. The van der Waals surface area contributed by atoms with E-state index in [-0.39, 0.29) is 23.6 Å². The molecule has 1 N–H and O–H groups in total. The molecule has 0 aliphatic rings. The van der Waals surface area contributed by atoms with Gasteiger partial charge in [-0.2, -0.15) is 8.42 Å². The lowest BCUT2D eigenvalue weighted by Gasteiger charge is -2.29. The van der Waals surface area contributed by atoms with Crippen molar-refractivity contribution < 1.29 is 17.4 Å². The Morgan fingerprint density at radius 3 is 2.31 bits per heavy atom. The summed E-state index contributed by atoms with van der Waals surface area (Å²) < 4.78 is 28.2. The Balaban J connectivity index is 2.15. The van der Waals surface area contributed by atoms with Crippen molar-refractivity contribution in [3.8, 4) is 5.75 Å². The zero-order chi connectivity index (χ0) is 21.6. The number of amides is 2. The van der Waals surface area contributed by atoms with Crippen molar-refractivity contribution in [2.45, 2.75) is 53.6 Å². The highest BCUT2D eigenvalue weighted by Crippen LogP contribution is 2.20. The van der Waals surface area contributed by atoms with Gasteiger partial charge >= 0.3 is 16.1 Å². The van der Waals surface area contributed by atoms with Crippen molar-refractivity contribution in [2.75, 3.05) is 11.1 Å². The van der Waals surface area contributed by atoms with Crippen LogP contribution in [0, 0.1) is 13.8 Å². The fourth-order valence-electron chi connectivity index (χ4n) is 2.84. The van der Waals surface area contributed by atoms with E-state index < -0.39 is 10.1 Å². The molecule has 6 nitrogen and oxygen atoms in total. The number of carbonyl (C=O) groups excluding carboxylic acids is 1. The summed E-state index contributed by atoms with van der Waals surface area (Å²) in [6, 6.07) is 12.6. The van der Waals surface area contributed by atoms with Crippen LogP contribution in [0.3, 0.4) is 0 Å². The van der Waals surface area contributed by atoms with Crippen LogP contribution in [-0.2, 0) is 16.7 Å². The maximum absolute atomic E-state index is 13.0. The molecule has 0 bridgehead atoms. The van der Waals surface area contributed by atoms with E-state index >= 15 is 0 Å². The molecule has 158 valence electrons. The second kappa shape index (κ2) is 9.78. The Labute approximate surface area is 174 Å². The summed E-state index contributed by atoms with van der Waals surface area (Å²) in [5.74, 6) is 0.181. The molecular formula is C22H30N2O4S. The van der Waals surface area contributed by atoms with Gasteiger partial charge in [-0.3, -0.25) is 0 Å². The zero-order valence-electron chi connectivity index (χ0n) is 17.7. The van der Waals surface area contributed by atoms with E-state index in [4.69, 9.17) is 4.18 Å². The number of carbonyl (C=O) groups is 1. The van der Waals surface area contributed by atoms with Crippen LogP contribution in [0.5, 0.6) is 5.75 Å². The van der Waals surface area contributed by atoms with Gasteiger partial charge < -0.3 is 14.4 Å². The Hall–Kier alpha value is -2.54. The maximum atomic E-state index is 13.0. The first-order valence-electron chi connectivity index (χ1n) is 9.81. The molecule has 0 spiro atoms. The Morgan fingerprint density at radius 1 is 1.10 bits per heavy atom. The van der Waals surface area contributed by atoms with E-state index in [2.05, 4.69) is 5.32 Å². The number of nitrogens with one attached hydrogen (secondary N) is 1. The first-order valence-corrected chi connectivity index (χ1v) is 11.4. The largest absolute Gasteiger partial charge is 0.382 e. The minimum atomic E-state index is -3.56. The van der Waals surface area contributed by atoms with Gasteiger partial charge in [0, 0.05) is 18.3 Å². The van der Waals surface area contributed by atoms with Crippen LogP contribution < -0.4 is 9.50 Å². The molecule has 0 aromatic heterocycles. The molecule has 0 unspecified atom stereocenters. The van der Waals surface area contributed by atoms with E-state index in [1.807, 2.05) is 45.9 Å². The summed E-state index contributed by atoms with van der Waals surface area (Å²) in [4.78, 5) is 14.7. The van der Waals surface area contributed by atoms with Crippen molar-refractivity contribution in [1.29, 1.82) is 0 Å². The molecule has 0 fully saturated rings. The molecule has 1 atom stereocenters. The van der Waals surface area contributed by atoms with Crippen molar-refractivity contribution >= 4 is 21.8 Å². The molecule has 0 saturated carbocycles. The van der Waals surface area contributed by atoms with Crippen LogP contribution >= 0.6 is 0 Å². The van der Waals surface area contributed by atoms with Crippen LogP contribution in [0.1, 0.15) is 43.9 Å². The molecule has 2 aromatic rings. The quantitative estimate of drug-likeness (QED) is 0.621. The van der Waals surface area contributed by atoms with Gasteiger partial charge in [0.2, 0.25) is 0 Å². The van der Waals surface area contributed by atoms with Gasteiger partial charge in [0.05, 0.1) is 5.75 Å². The predicted molar refractivity (Wildman–Crippen MR) is 117 cm³/mol. The SMILES string of the molecule is CC[C@H](C)N(Cc1ccc(OS(=O)(=O)CC)cc1)C(=O)Nc1ccc(C)cc1C. The van der Waals surface area contributed by atoms with E-state index in [1.165, 1.54) is 6.92 Å². The molecule has 0 heterocycles.